The number of nitrogens with zero attached hydrogens (tertiary/aromatic N) is 1. The van der Waals surface area contributed by atoms with Crippen molar-refractivity contribution in [2.45, 2.75) is 108 Å². The molecule has 0 spiro atoms. The van der Waals surface area contributed by atoms with Crippen LogP contribution in [0.1, 0.15) is 72.1 Å². The van der Waals surface area contributed by atoms with E-state index in [-0.39, 0.29) is 38.2 Å². The summed E-state index contributed by atoms with van der Waals surface area (Å²) < 4.78 is 0. The molecule has 0 aromatic carbocycles. The number of nitrogens with two attached hydrogens (primary N) is 5. The Hall–Kier alpha value is -4.03. The lowest BCUT2D eigenvalue weighted by Gasteiger charge is -2.26. The van der Waals surface area contributed by atoms with Gasteiger partial charge >= 0.3 is 5.97 Å². The van der Waals surface area contributed by atoms with Crippen LogP contribution in [0.3, 0.4) is 0 Å². The number of carbonyl (C=O) groups is 6. The summed E-state index contributed by atoms with van der Waals surface area (Å²) in [6.07, 6.45) is 3.03. The number of hydrogen-bond donors (Lipinski definition) is 11. The number of amides is 5. The van der Waals surface area contributed by atoms with Crippen molar-refractivity contribution in [3.05, 3.63) is 0 Å². The topological polar surface area (TPSA) is 325 Å². The third-order valence-corrected chi connectivity index (χ3v) is 6.63. The zero-order chi connectivity index (χ0) is 34.5. The number of aliphatic carboxylic acids is 1. The fourth-order valence-electron chi connectivity index (χ4n) is 3.92. The van der Waals surface area contributed by atoms with E-state index in [4.69, 9.17) is 33.8 Å². The van der Waals surface area contributed by atoms with Gasteiger partial charge in [0, 0.05) is 6.54 Å². The molecule has 0 fully saturated rings. The molecular formula is C27H53N11O7. The lowest BCUT2D eigenvalue weighted by molar-refractivity contribution is -0.141. The van der Waals surface area contributed by atoms with Crippen LogP contribution in [-0.4, -0.2) is 102 Å². The number of aliphatic imine (C=N–C) groups is 1. The molecule has 16 N–H and O–H groups in total. The van der Waals surface area contributed by atoms with Gasteiger partial charge in [-0.25, -0.2) is 0 Å². The van der Waals surface area contributed by atoms with E-state index in [0.717, 1.165) is 0 Å². The molecule has 5 amide bonds. The molecule has 0 unspecified atom stereocenters. The summed E-state index contributed by atoms with van der Waals surface area (Å²) in [5.41, 5.74) is 27.4. The van der Waals surface area contributed by atoms with Gasteiger partial charge in [-0.2, -0.15) is 0 Å². The number of hydrogen-bond acceptors (Lipinski definition) is 10. The molecule has 0 saturated carbocycles. The molecule has 0 aliphatic carbocycles. The van der Waals surface area contributed by atoms with Gasteiger partial charge in [-0.05, 0) is 85.2 Å². The number of carboxylic acid groups (broad SMARTS) is 1. The zero-order valence-electron chi connectivity index (χ0n) is 26.5. The standard InChI is InChI=1S/C27H53N11O7/c1-15(30)21(39)36-19(10-5-7-13-29)25(43)38-18(9-4-6-12-28)23(41)34-16(2)22(40)37-20(11-8-14-33-27(31)32)24(42)35-17(3)26(44)45/h15-20H,4-14,28-30H2,1-3H3,(H,34,41)(H,35,42)(H,36,39)(H,37,40)(H,38,43)(H,44,45)(H4,31,32,33)/t15-,16-,17-,18-,19-,20-/m0/s1. The highest BCUT2D eigenvalue weighted by molar-refractivity contribution is 5.96. The molecule has 0 aromatic heterocycles. The lowest BCUT2D eigenvalue weighted by Crippen LogP contribution is -2.58. The van der Waals surface area contributed by atoms with Crippen molar-refractivity contribution in [3.8, 4) is 0 Å². The molecule has 6 atom stereocenters. The fraction of sp³-hybridized carbons (Fsp3) is 0.741. The molecule has 0 aromatic rings. The molecule has 45 heavy (non-hydrogen) atoms. The van der Waals surface area contributed by atoms with Crippen LogP contribution in [0.4, 0.5) is 0 Å². The first-order chi connectivity index (χ1) is 21.1. The Morgan fingerprint density at radius 1 is 0.600 bits per heavy atom. The van der Waals surface area contributed by atoms with Crippen LogP contribution in [0.25, 0.3) is 0 Å². The molecular weight excluding hydrogens is 590 g/mol. The Balaban J connectivity index is 5.68. The van der Waals surface area contributed by atoms with Gasteiger partial charge < -0.3 is 60.4 Å². The summed E-state index contributed by atoms with van der Waals surface area (Å²) in [7, 11) is 0. The van der Waals surface area contributed by atoms with Crippen molar-refractivity contribution in [2.75, 3.05) is 19.6 Å². The highest BCUT2D eigenvalue weighted by atomic mass is 16.4. The second kappa shape index (κ2) is 22.5. The number of carbonyl (C=O) groups excluding carboxylic acids is 5. The van der Waals surface area contributed by atoms with Gasteiger partial charge in [-0.3, -0.25) is 33.8 Å². The molecule has 0 rings (SSSR count). The fourth-order valence-corrected chi connectivity index (χ4v) is 3.92. The molecule has 0 saturated heterocycles. The van der Waals surface area contributed by atoms with Gasteiger partial charge in [0.05, 0.1) is 6.04 Å². The smallest absolute Gasteiger partial charge is 0.325 e. The van der Waals surface area contributed by atoms with E-state index in [1.165, 1.54) is 20.8 Å². The summed E-state index contributed by atoms with van der Waals surface area (Å²) >= 11 is 0. The molecule has 18 heteroatoms. The minimum Gasteiger partial charge on any atom is -0.480 e. The van der Waals surface area contributed by atoms with Crippen LogP contribution in [0.2, 0.25) is 0 Å². The highest BCUT2D eigenvalue weighted by Crippen LogP contribution is 2.07. The third kappa shape index (κ3) is 17.8. The van der Waals surface area contributed by atoms with Crippen LogP contribution in [-0.2, 0) is 28.8 Å². The number of nitrogens with one attached hydrogen (secondary N) is 5. The van der Waals surface area contributed by atoms with Gasteiger partial charge in [-0.1, -0.05) is 0 Å². The molecule has 258 valence electrons. The van der Waals surface area contributed by atoms with Crippen LogP contribution in [0, 0.1) is 0 Å². The predicted octanol–water partition coefficient (Wildman–Crippen LogP) is -3.81. The summed E-state index contributed by atoms with van der Waals surface area (Å²) in [6.45, 7) is 5.05. The molecule has 0 bridgehead atoms. The molecule has 0 radical (unpaired) electrons. The minimum absolute atomic E-state index is 0.0673. The maximum Gasteiger partial charge on any atom is 0.325 e. The van der Waals surface area contributed by atoms with Crippen molar-refractivity contribution < 1.29 is 33.9 Å². The Kier molecular flexibility index (Phi) is 20.5. The van der Waals surface area contributed by atoms with Crippen molar-refractivity contribution in [2.24, 2.45) is 33.7 Å². The quantitative estimate of drug-likeness (QED) is 0.0290. The Labute approximate surface area is 263 Å². The summed E-state index contributed by atoms with van der Waals surface area (Å²) in [4.78, 5) is 79.5. The minimum atomic E-state index is -1.27. The van der Waals surface area contributed by atoms with Gasteiger partial charge in [0.1, 0.15) is 30.2 Å². The Morgan fingerprint density at radius 3 is 1.42 bits per heavy atom. The van der Waals surface area contributed by atoms with E-state index in [2.05, 4.69) is 31.6 Å². The highest BCUT2D eigenvalue weighted by Gasteiger charge is 2.30. The average Bonchev–Trinajstić information content (AvgIpc) is 2.96. The third-order valence-electron chi connectivity index (χ3n) is 6.63. The molecule has 0 aliphatic heterocycles. The van der Waals surface area contributed by atoms with E-state index in [9.17, 15) is 28.8 Å². The molecule has 18 nitrogen and oxygen atoms in total. The zero-order valence-corrected chi connectivity index (χ0v) is 26.5. The van der Waals surface area contributed by atoms with Gasteiger partial charge in [-0.15, -0.1) is 0 Å². The molecule has 0 aliphatic rings. The van der Waals surface area contributed by atoms with Crippen molar-refractivity contribution in [3.63, 3.8) is 0 Å². The predicted molar refractivity (Wildman–Crippen MR) is 168 cm³/mol. The maximum atomic E-state index is 13.3. The van der Waals surface area contributed by atoms with E-state index in [0.29, 0.717) is 38.8 Å². The summed E-state index contributed by atoms with van der Waals surface area (Å²) in [6, 6.07) is -6.43. The normalized spacial score (nSPS) is 14.8. The number of carboxylic acids is 1. The first kappa shape index (κ1) is 41.0. The second-order valence-corrected chi connectivity index (χ2v) is 10.8. The SMILES string of the molecule is C[C@H](N)C(=O)N[C@@H](CCCCN)C(=O)N[C@@H](CCCCN)C(=O)N[C@@H](C)C(=O)N[C@@H](CCCN=C(N)N)C(=O)N[C@@H](C)C(=O)O. The number of rotatable bonds is 23. The van der Waals surface area contributed by atoms with E-state index in [1.54, 1.807) is 0 Å². The van der Waals surface area contributed by atoms with Crippen LogP contribution >= 0.6 is 0 Å². The Bertz CT molecular complexity index is 1010. The first-order valence-electron chi connectivity index (χ1n) is 15.1. The monoisotopic (exact) mass is 643 g/mol. The van der Waals surface area contributed by atoms with Crippen LogP contribution in [0.15, 0.2) is 4.99 Å². The number of unbranched alkanes of at least 4 members (excludes halogenated alkanes) is 2. The summed E-state index contributed by atoms with van der Waals surface area (Å²) in [5, 5.41) is 21.8. The van der Waals surface area contributed by atoms with E-state index < -0.39 is 71.8 Å². The summed E-state index contributed by atoms with van der Waals surface area (Å²) in [5.74, 6) is -4.70. The first-order valence-corrected chi connectivity index (χ1v) is 15.1. The van der Waals surface area contributed by atoms with E-state index in [1.807, 2.05) is 0 Å². The largest absolute Gasteiger partial charge is 0.480 e. The second-order valence-electron chi connectivity index (χ2n) is 10.8. The van der Waals surface area contributed by atoms with Gasteiger partial charge in [0.25, 0.3) is 0 Å². The van der Waals surface area contributed by atoms with E-state index >= 15 is 0 Å². The molecule has 0 heterocycles. The van der Waals surface area contributed by atoms with Crippen molar-refractivity contribution >= 4 is 41.5 Å². The number of guanidine groups is 1. The maximum absolute atomic E-state index is 13.3. The van der Waals surface area contributed by atoms with Gasteiger partial charge in [0.15, 0.2) is 5.96 Å². The lowest BCUT2D eigenvalue weighted by atomic mass is 10.0. The van der Waals surface area contributed by atoms with Crippen molar-refractivity contribution in [1.29, 1.82) is 0 Å². The Morgan fingerprint density at radius 2 is 1.00 bits per heavy atom. The van der Waals surface area contributed by atoms with Crippen molar-refractivity contribution in [1.82, 2.24) is 26.6 Å². The van der Waals surface area contributed by atoms with Crippen LogP contribution in [0.5, 0.6) is 0 Å². The van der Waals surface area contributed by atoms with Crippen LogP contribution < -0.4 is 55.3 Å². The van der Waals surface area contributed by atoms with Gasteiger partial charge in [0.2, 0.25) is 29.5 Å². The average molecular weight is 644 g/mol.